The van der Waals surface area contributed by atoms with Crippen LogP contribution in [0.25, 0.3) is 33.6 Å². The van der Waals surface area contributed by atoms with Gasteiger partial charge in [0.25, 0.3) is 0 Å². The average Bonchev–Trinajstić information content (AvgIpc) is 3.62. The second-order valence-corrected chi connectivity index (χ2v) is 20.3. The third-order valence-electron chi connectivity index (χ3n) is 15.6. The summed E-state index contributed by atoms with van der Waals surface area (Å²) in [6.07, 6.45) is 12.6. The van der Waals surface area contributed by atoms with Crippen LogP contribution in [0.1, 0.15) is 116 Å². The maximum atomic E-state index is 14.6. The minimum absolute atomic E-state index is 0.00638. The lowest BCUT2D eigenvalue weighted by Gasteiger charge is -2.40. The first-order chi connectivity index (χ1) is 33.4. The van der Waals surface area contributed by atoms with Crippen molar-refractivity contribution in [1.82, 2.24) is 40.4 Å². The summed E-state index contributed by atoms with van der Waals surface area (Å²) < 4.78 is 22.2. The molecule has 1 saturated carbocycles. The van der Waals surface area contributed by atoms with Crippen molar-refractivity contribution < 1.29 is 38.1 Å². The highest BCUT2D eigenvalue weighted by molar-refractivity contribution is 5.87. The largest absolute Gasteiger partial charge is 0.453 e. The van der Waals surface area contributed by atoms with Gasteiger partial charge in [0, 0.05) is 31.2 Å². The van der Waals surface area contributed by atoms with Gasteiger partial charge in [0.1, 0.15) is 23.7 Å². The smallest absolute Gasteiger partial charge is 0.407 e. The molecule has 0 spiro atoms. The number of hydrogen-bond donors (Lipinski definition) is 4. The number of imidazole rings is 2. The van der Waals surface area contributed by atoms with E-state index >= 15 is 0 Å². The molecule has 1 aliphatic carbocycles. The molecule has 370 valence electrons. The zero-order valence-corrected chi connectivity index (χ0v) is 40.9. The van der Waals surface area contributed by atoms with Gasteiger partial charge in [-0.05, 0) is 131 Å². The number of likely N-dealkylation sites (tertiary alicyclic amines) is 2. The molecular formula is C53H70N8O8. The number of H-pyrrole nitrogens is 2. The highest BCUT2D eigenvalue weighted by Crippen LogP contribution is 2.43. The molecule has 4 aliphatic heterocycles. The molecule has 11 unspecified atom stereocenters. The predicted molar refractivity (Wildman–Crippen MR) is 260 cm³/mol. The molecule has 69 heavy (non-hydrogen) atoms. The number of rotatable bonds is 14. The molecular weight excluding hydrogens is 877 g/mol. The molecule has 4 amide bonds. The third-order valence-corrected chi connectivity index (χ3v) is 15.6. The van der Waals surface area contributed by atoms with Gasteiger partial charge in [0.05, 0.1) is 62.4 Å². The number of alkyl carbamates (subject to hydrolysis) is 2. The Bertz CT molecular complexity index is 2420. The standard InChI is InChI=1S/C53H70N8O8/c1-7-41-25-38(22-23-68-41)47(58-52(64)66-5)50(62)60-30(2)8-20-40(60)27-46-54-28-42(56-46)35-14-10-33(11-15-35)34-12-16-36(17-13-34)43-29-55-49(57-43)44-21-9-31(3)61(44)51(63)48(59-53(65)67-6)39-24-32(4)69-45(26-39)37-18-19-37/h10-17,28-32,37-41,44-45,47-48H,7-9,18-27H2,1-6H3,(H,54,56)(H,55,57)(H,58,64)(H,59,65). The molecule has 5 fully saturated rings. The van der Waals surface area contributed by atoms with Crippen LogP contribution in [0.5, 0.6) is 0 Å². The maximum absolute atomic E-state index is 14.6. The Balaban J connectivity index is 0.839. The molecule has 0 bridgehead atoms. The molecule has 2 aromatic heterocycles. The van der Waals surface area contributed by atoms with Gasteiger partial charge < -0.3 is 49.3 Å². The van der Waals surface area contributed by atoms with E-state index in [1.165, 1.54) is 14.2 Å². The van der Waals surface area contributed by atoms with E-state index in [0.717, 1.165) is 96.7 Å². The lowest BCUT2D eigenvalue weighted by atomic mass is 9.83. The molecule has 4 aromatic rings. The summed E-state index contributed by atoms with van der Waals surface area (Å²) in [4.78, 5) is 74.6. The van der Waals surface area contributed by atoms with Crippen LogP contribution in [0.4, 0.5) is 9.59 Å². The predicted octanol–water partition coefficient (Wildman–Crippen LogP) is 8.36. The van der Waals surface area contributed by atoms with Gasteiger partial charge in [0.15, 0.2) is 0 Å². The monoisotopic (exact) mass is 947 g/mol. The minimum atomic E-state index is -0.716. The number of methoxy groups -OCH3 is 2. The van der Waals surface area contributed by atoms with E-state index in [2.05, 4.69) is 96.8 Å². The zero-order valence-electron chi connectivity index (χ0n) is 40.9. The van der Waals surface area contributed by atoms with Crippen molar-refractivity contribution in [3.05, 3.63) is 72.6 Å². The summed E-state index contributed by atoms with van der Waals surface area (Å²) in [6.45, 7) is 8.87. The molecule has 16 heteroatoms. The molecule has 6 heterocycles. The van der Waals surface area contributed by atoms with E-state index in [1.54, 1.807) is 0 Å². The number of hydrogen-bond acceptors (Lipinski definition) is 10. The summed E-state index contributed by atoms with van der Waals surface area (Å²) in [5, 5.41) is 5.83. The Labute approximate surface area is 405 Å². The average molecular weight is 947 g/mol. The summed E-state index contributed by atoms with van der Waals surface area (Å²) in [5.41, 5.74) is 5.89. The van der Waals surface area contributed by atoms with Gasteiger partial charge in [-0.15, -0.1) is 0 Å². The normalized spacial score (nSPS) is 27.9. The number of carbonyl (C=O) groups is 4. The second kappa shape index (κ2) is 21.1. The number of amides is 4. The number of ether oxygens (including phenoxy) is 4. The van der Waals surface area contributed by atoms with E-state index in [-0.39, 0.29) is 66.1 Å². The highest BCUT2D eigenvalue weighted by atomic mass is 16.5. The Morgan fingerprint density at radius 3 is 1.91 bits per heavy atom. The first-order valence-electron chi connectivity index (χ1n) is 25.3. The van der Waals surface area contributed by atoms with Gasteiger partial charge in [-0.3, -0.25) is 9.59 Å². The SMILES string of the molecule is CCC1CC(C(NC(=O)OC)C(=O)N2C(C)CCC2Cc2ncc(-c3ccc(-c4ccc(-c5cnc(C6CCC(C)N6C(=O)C(NC(=O)OC)C6CC(C)OC(C7CC7)C6)[nH]5)cc4)cc3)[nH]2)CCO1. The molecule has 5 aliphatic rings. The number of nitrogens with one attached hydrogen (secondary N) is 4. The molecule has 4 saturated heterocycles. The van der Waals surface area contributed by atoms with Crippen molar-refractivity contribution in [3.63, 3.8) is 0 Å². The first kappa shape index (κ1) is 48.3. The molecule has 0 radical (unpaired) electrons. The van der Waals surface area contributed by atoms with Gasteiger partial charge in [-0.1, -0.05) is 55.5 Å². The lowest BCUT2D eigenvalue weighted by molar-refractivity contribution is -0.141. The number of nitrogens with zero attached hydrogens (tertiary/aromatic N) is 4. The van der Waals surface area contributed by atoms with E-state index in [0.29, 0.717) is 38.2 Å². The number of carbonyl (C=O) groups excluding carboxylic acids is 4. The molecule has 4 N–H and O–H groups in total. The van der Waals surface area contributed by atoms with Gasteiger partial charge in [-0.25, -0.2) is 19.6 Å². The lowest BCUT2D eigenvalue weighted by Crippen LogP contribution is -2.56. The Morgan fingerprint density at radius 1 is 0.696 bits per heavy atom. The van der Waals surface area contributed by atoms with Crippen molar-refractivity contribution in [2.45, 2.75) is 159 Å². The fourth-order valence-corrected chi connectivity index (χ4v) is 11.7. The molecule has 11 atom stereocenters. The molecule has 9 rings (SSSR count). The van der Waals surface area contributed by atoms with E-state index in [4.69, 9.17) is 28.9 Å². The Morgan fingerprint density at radius 2 is 1.28 bits per heavy atom. The van der Waals surface area contributed by atoms with Crippen molar-refractivity contribution >= 4 is 24.0 Å². The maximum Gasteiger partial charge on any atom is 0.407 e. The van der Waals surface area contributed by atoms with E-state index in [1.807, 2.05) is 22.2 Å². The molecule has 2 aromatic carbocycles. The summed E-state index contributed by atoms with van der Waals surface area (Å²) in [6, 6.07) is 15.1. The Kier molecular flexibility index (Phi) is 14.8. The summed E-state index contributed by atoms with van der Waals surface area (Å²) >= 11 is 0. The van der Waals surface area contributed by atoms with Crippen LogP contribution in [0.15, 0.2) is 60.9 Å². The van der Waals surface area contributed by atoms with Crippen LogP contribution in [0.3, 0.4) is 0 Å². The topological polar surface area (TPSA) is 193 Å². The van der Waals surface area contributed by atoms with E-state index in [9.17, 15) is 19.2 Å². The van der Waals surface area contributed by atoms with E-state index < -0.39 is 24.3 Å². The fraction of sp³-hybridized carbons (Fsp3) is 0.585. The van der Waals surface area contributed by atoms with Crippen LogP contribution >= 0.6 is 0 Å². The molecule has 16 nitrogen and oxygen atoms in total. The van der Waals surface area contributed by atoms with Gasteiger partial charge in [-0.2, -0.15) is 0 Å². The quantitative estimate of drug-likeness (QED) is 0.0955. The minimum Gasteiger partial charge on any atom is -0.453 e. The Hall–Kier alpha value is -5.74. The van der Waals surface area contributed by atoms with Crippen molar-refractivity contribution in [2.75, 3.05) is 20.8 Å². The van der Waals surface area contributed by atoms with Crippen LogP contribution in [0.2, 0.25) is 0 Å². The van der Waals surface area contributed by atoms with Crippen molar-refractivity contribution in [2.24, 2.45) is 17.8 Å². The van der Waals surface area contributed by atoms with Crippen LogP contribution in [-0.4, -0.2) is 123 Å². The van der Waals surface area contributed by atoms with Crippen molar-refractivity contribution in [3.8, 4) is 33.6 Å². The summed E-state index contributed by atoms with van der Waals surface area (Å²) in [5.74, 6) is 1.82. The second-order valence-electron chi connectivity index (χ2n) is 20.3. The number of benzene rings is 2. The van der Waals surface area contributed by atoms with Gasteiger partial charge in [0.2, 0.25) is 11.8 Å². The van der Waals surface area contributed by atoms with Crippen LogP contribution < -0.4 is 10.6 Å². The fourth-order valence-electron chi connectivity index (χ4n) is 11.7. The number of aromatic amines is 2. The summed E-state index contributed by atoms with van der Waals surface area (Å²) in [7, 11) is 2.66. The highest BCUT2D eigenvalue weighted by Gasteiger charge is 2.47. The van der Waals surface area contributed by atoms with Crippen LogP contribution in [0, 0.1) is 17.8 Å². The van der Waals surface area contributed by atoms with Crippen LogP contribution in [-0.2, 0) is 35.0 Å². The first-order valence-corrected chi connectivity index (χ1v) is 25.3. The van der Waals surface area contributed by atoms with Crippen molar-refractivity contribution in [1.29, 1.82) is 0 Å². The zero-order chi connectivity index (χ0) is 48.3. The third kappa shape index (κ3) is 10.7. The van der Waals surface area contributed by atoms with Gasteiger partial charge >= 0.3 is 12.2 Å². The number of aromatic nitrogens is 4.